The van der Waals surface area contributed by atoms with Gasteiger partial charge in [-0.05, 0) is 18.2 Å². The van der Waals surface area contributed by atoms with Crippen molar-refractivity contribution in [2.24, 2.45) is 0 Å². The molecular formula is C12H10ClFN4O. The van der Waals surface area contributed by atoms with Gasteiger partial charge in [0.2, 0.25) is 0 Å². The number of hydrogen-bond acceptors (Lipinski definition) is 4. The summed E-state index contributed by atoms with van der Waals surface area (Å²) >= 11 is 5.56. The first-order valence-corrected chi connectivity index (χ1v) is 5.74. The predicted octanol–water partition coefficient (Wildman–Crippen LogP) is 2.56. The van der Waals surface area contributed by atoms with E-state index < -0.39 is 11.7 Å². The van der Waals surface area contributed by atoms with Gasteiger partial charge in [-0.2, -0.15) is 0 Å². The number of carbonyl (C=O) groups excluding carboxylic acids is 1. The van der Waals surface area contributed by atoms with Crippen molar-refractivity contribution in [2.45, 2.75) is 0 Å². The molecule has 0 bridgehead atoms. The monoisotopic (exact) mass is 280 g/mol. The molecule has 2 aromatic rings. The largest absolute Gasteiger partial charge is 0.372 e. The van der Waals surface area contributed by atoms with Crippen LogP contribution in [0.1, 0.15) is 10.5 Å². The molecule has 0 saturated heterocycles. The quantitative estimate of drug-likeness (QED) is 0.907. The van der Waals surface area contributed by atoms with E-state index in [4.69, 9.17) is 11.6 Å². The van der Waals surface area contributed by atoms with Gasteiger partial charge in [-0.3, -0.25) is 9.78 Å². The first kappa shape index (κ1) is 13.2. The molecule has 0 aliphatic rings. The molecule has 1 aromatic heterocycles. The third-order valence-electron chi connectivity index (χ3n) is 2.30. The molecule has 5 nitrogen and oxygen atoms in total. The van der Waals surface area contributed by atoms with Gasteiger partial charge in [0.15, 0.2) is 0 Å². The minimum absolute atomic E-state index is 0.00466. The maximum Gasteiger partial charge on any atom is 0.275 e. The summed E-state index contributed by atoms with van der Waals surface area (Å²) < 4.78 is 13.2. The Morgan fingerprint density at radius 1 is 1.37 bits per heavy atom. The number of nitrogens with one attached hydrogen (secondary N) is 2. The highest BCUT2D eigenvalue weighted by Crippen LogP contribution is 2.19. The predicted molar refractivity (Wildman–Crippen MR) is 70.9 cm³/mol. The molecule has 19 heavy (non-hydrogen) atoms. The lowest BCUT2D eigenvalue weighted by atomic mass is 10.3. The summed E-state index contributed by atoms with van der Waals surface area (Å²) in [6, 6.07) is 4.00. The lowest BCUT2D eigenvalue weighted by Crippen LogP contribution is -2.14. The molecule has 0 spiro atoms. The standard InChI is InChI=1S/C12H10ClFN4O/c1-15-11-6-16-5-10(18-11)12(19)17-7-2-3-8(13)9(14)4-7/h2-6H,1H3,(H,15,18)(H,17,19). The van der Waals surface area contributed by atoms with E-state index in [1.165, 1.54) is 24.5 Å². The second-order valence-corrected chi connectivity index (χ2v) is 4.03. The van der Waals surface area contributed by atoms with Crippen molar-refractivity contribution in [3.05, 3.63) is 47.1 Å². The maximum absolute atomic E-state index is 13.2. The van der Waals surface area contributed by atoms with E-state index in [0.717, 1.165) is 6.07 Å². The number of amides is 1. The van der Waals surface area contributed by atoms with E-state index in [1.807, 2.05) is 0 Å². The van der Waals surface area contributed by atoms with Gasteiger partial charge < -0.3 is 10.6 Å². The normalized spacial score (nSPS) is 10.1. The van der Waals surface area contributed by atoms with Crippen molar-refractivity contribution in [1.29, 1.82) is 0 Å². The van der Waals surface area contributed by atoms with Crippen LogP contribution in [-0.4, -0.2) is 22.9 Å². The highest BCUT2D eigenvalue weighted by atomic mass is 35.5. The van der Waals surface area contributed by atoms with E-state index in [0.29, 0.717) is 11.5 Å². The van der Waals surface area contributed by atoms with Crippen LogP contribution in [0.15, 0.2) is 30.6 Å². The number of carbonyl (C=O) groups is 1. The zero-order valence-corrected chi connectivity index (χ0v) is 10.7. The molecule has 0 atom stereocenters. The van der Waals surface area contributed by atoms with Crippen molar-refractivity contribution < 1.29 is 9.18 Å². The van der Waals surface area contributed by atoms with Crippen molar-refractivity contribution in [3.8, 4) is 0 Å². The average molecular weight is 281 g/mol. The number of halogens is 2. The molecule has 0 aliphatic carbocycles. The number of hydrogen-bond donors (Lipinski definition) is 2. The zero-order valence-electron chi connectivity index (χ0n) is 9.95. The van der Waals surface area contributed by atoms with Gasteiger partial charge in [0, 0.05) is 12.7 Å². The second-order valence-electron chi connectivity index (χ2n) is 3.62. The number of anilines is 2. The molecule has 0 fully saturated rings. The lowest BCUT2D eigenvalue weighted by molar-refractivity contribution is 0.102. The van der Waals surface area contributed by atoms with Crippen LogP contribution >= 0.6 is 11.6 Å². The van der Waals surface area contributed by atoms with Gasteiger partial charge in [0.1, 0.15) is 17.3 Å². The smallest absolute Gasteiger partial charge is 0.275 e. The van der Waals surface area contributed by atoms with Crippen LogP contribution in [0.2, 0.25) is 5.02 Å². The van der Waals surface area contributed by atoms with Crippen LogP contribution in [0, 0.1) is 5.82 Å². The van der Waals surface area contributed by atoms with Crippen LogP contribution in [-0.2, 0) is 0 Å². The Kier molecular flexibility index (Phi) is 3.91. The molecule has 98 valence electrons. The van der Waals surface area contributed by atoms with Gasteiger partial charge >= 0.3 is 0 Å². The van der Waals surface area contributed by atoms with Crippen molar-refractivity contribution in [3.63, 3.8) is 0 Å². The SMILES string of the molecule is CNc1cncc(C(=O)Nc2ccc(Cl)c(F)c2)n1. The Morgan fingerprint density at radius 2 is 2.16 bits per heavy atom. The molecule has 7 heteroatoms. The van der Waals surface area contributed by atoms with Crippen LogP contribution in [0.5, 0.6) is 0 Å². The van der Waals surface area contributed by atoms with Crippen molar-refractivity contribution >= 4 is 29.0 Å². The first-order chi connectivity index (χ1) is 9.10. The average Bonchev–Trinajstić information content (AvgIpc) is 2.43. The lowest BCUT2D eigenvalue weighted by Gasteiger charge is -2.06. The maximum atomic E-state index is 13.2. The minimum Gasteiger partial charge on any atom is -0.372 e. The molecule has 0 saturated carbocycles. The molecule has 1 heterocycles. The van der Waals surface area contributed by atoms with Crippen LogP contribution in [0.4, 0.5) is 15.9 Å². The third kappa shape index (κ3) is 3.17. The van der Waals surface area contributed by atoms with Crippen LogP contribution in [0.3, 0.4) is 0 Å². The highest BCUT2D eigenvalue weighted by molar-refractivity contribution is 6.30. The minimum atomic E-state index is -0.602. The molecule has 1 amide bonds. The van der Waals surface area contributed by atoms with Crippen molar-refractivity contribution in [1.82, 2.24) is 9.97 Å². The fraction of sp³-hybridized carbons (Fsp3) is 0.0833. The molecule has 0 aliphatic heterocycles. The Balaban J connectivity index is 2.18. The van der Waals surface area contributed by atoms with Crippen LogP contribution < -0.4 is 10.6 Å². The van der Waals surface area contributed by atoms with Crippen LogP contribution in [0.25, 0.3) is 0 Å². The Bertz CT molecular complexity index is 620. The molecule has 2 rings (SSSR count). The fourth-order valence-electron chi connectivity index (χ4n) is 1.36. The van der Waals surface area contributed by atoms with E-state index in [9.17, 15) is 9.18 Å². The summed E-state index contributed by atoms with van der Waals surface area (Å²) in [6.45, 7) is 0. The van der Waals surface area contributed by atoms with E-state index >= 15 is 0 Å². The van der Waals surface area contributed by atoms with Gasteiger partial charge in [-0.25, -0.2) is 9.37 Å². The molecule has 2 N–H and O–H groups in total. The summed E-state index contributed by atoms with van der Waals surface area (Å²) in [7, 11) is 1.67. The van der Waals surface area contributed by atoms with E-state index in [2.05, 4.69) is 20.6 Å². The Morgan fingerprint density at radius 3 is 2.84 bits per heavy atom. The summed E-state index contributed by atoms with van der Waals surface area (Å²) in [6.07, 6.45) is 2.81. The number of aromatic nitrogens is 2. The van der Waals surface area contributed by atoms with E-state index in [1.54, 1.807) is 7.05 Å². The number of rotatable bonds is 3. The van der Waals surface area contributed by atoms with Gasteiger partial charge in [0.05, 0.1) is 17.4 Å². The molecule has 0 radical (unpaired) electrons. The van der Waals surface area contributed by atoms with Gasteiger partial charge in [-0.1, -0.05) is 11.6 Å². The topological polar surface area (TPSA) is 66.9 Å². The summed E-state index contributed by atoms with van der Waals surface area (Å²) in [5.74, 6) is -0.615. The fourth-order valence-corrected chi connectivity index (χ4v) is 1.48. The summed E-state index contributed by atoms with van der Waals surface area (Å²) in [5.41, 5.74) is 0.422. The number of nitrogens with zero attached hydrogens (tertiary/aromatic N) is 2. The second kappa shape index (κ2) is 5.62. The third-order valence-corrected chi connectivity index (χ3v) is 2.61. The Labute approximate surface area is 113 Å². The number of benzene rings is 1. The zero-order chi connectivity index (χ0) is 13.8. The van der Waals surface area contributed by atoms with E-state index in [-0.39, 0.29) is 10.7 Å². The van der Waals surface area contributed by atoms with Gasteiger partial charge in [-0.15, -0.1) is 0 Å². The first-order valence-electron chi connectivity index (χ1n) is 5.36. The summed E-state index contributed by atoms with van der Waals surface area (Å²) in [5, 5.41) is 5.28. The molecule has 0 unspecified atom stereocenters. The van der Waals surface area contributed by atoms with Gasteiger partial charge in [0.25, 0.3) is 5.91 Å². The van der Waals surface area contributed by atoms with Crippen molar-refractivity contribution in [2.75, 3.05) is 17.7 Å². The molecule has 1 aromatic carbocycles. The molecular weight excluding hydrogens is 271 g/mol. The summed E-state index contributed by atoms with van der Waals surface area (Å²) in [4.78, 5) is 19.8. The Hall–Kier alpha value is -2.21. The highest BCUT2D eigenvalue weighted by Gasteiger charge is 2.10.